The average molecular weight is 454 g/mol. The number of carbonyl (C=O) groups is 1. The molecule has 1 saturated heterocycles. The first-order valence-electron chi connectivity index (χ1n) is 9.34. The molecule has 9 nitrogen and oxygen atoms in total. The van der Waals surface area contributed by atoms with E-state index in [9.17, 15) is 21.6 Å². The van der Waals surface area contributed by atoms with Gasteiger partial charge in [-0.2, -0.15) is 0 Å². The summed E-state index contributed by atoms with van der Waals surface area (Å²) < 4.78 is 60.2. The van der Waals surface area contributed by atoms with Crippen LogP contribution in [-0.2, 0) is 20.0 Å². The molecule has 2 aromatic rings. The molecule has 3 N–H and O–H groups in total. The van der Waals surface area contributed by atoms with Crippen LogP contribution in [0.3, 0.4) is 0 Å². The molecule has 1 aliphatic rings. The van der Waals surface area contributed by atoms with Gasteiger partial charge in [-0.1, -0.05) is 12.1 Å². The van der Waals surface area contributed by atoms with Gasteiger partial charge in [0.25, 0.3) is 15.9 Å². The Morgan fingerprint density at radius 3 is 2.60 bits per heavy atom. The molecule has 1 fully saturated rings. The van der Waals surface area contributed by atoms with Crippen LogP contribution in [0.25, 0.3) is 0 Å². The molecule has 2 aromatic carbocycles. The van der Waals surface area contributed by atoms with Crippen molar-refractivity contribution in [3.63, 3.8) is 0 Å². The van der Waals surface area contributed by atoms with E-state index in [1.807, 2.05) is 0 Å². The highest BCUT2D eigenvalue weighted by atomic mass is 32.2. The second kappa shape index (κ2) is 8.52. The number of nitrogens with zero attached hydrogens (tertiary/aromatic N) is 1. The van der Waals surface area contributed by atoms with Crippen molar-refractivity contribution in [2.75, 3.05) is 27.9 Å². The van der Waals surface area contributed by atoms with Gasteiger partial charge in [0.1, 0.15) is 10.6 Å². The smallest absolute Gasteiger partial charge is 0.265 e. The fraction of sp³-hybridized carbons (Fsp3) is 0.316. The summed E-state index contributed by atoms with van der Waals surface area (Å²) in [5.74, 6) is -0.710. The van der Waals surface area contributed by atoms with Crippen LogP contribution in [-0.4, -0.2) is 41.6 Å². The summed E-state index contributed by atoms with van der Waals surface area (Å²) >= 11 is 0. The second-order valence-electron chi connectivity index (χ2n) is 6.67. The van der Waals surface area contributed by atoms with E-state index >= 15 is 0 Å². The minimum Gasteiger partial charge on any atom is -0.492 e. The SMILES string of the molecule is CCOc1ccc(N2CCCCS2(=O)=O)cc1S(=O)(=O)Nc1ccccc1C(N)=O. The largest absolute Gasteiger partial charge is 0.492 e. The zero-order valence-electron chi connectivity index (χ0n) is 16.4. The molecular formula is C19H23N3O6S2. The normalized spacial score (nSPS) is 16.1. The van der Waals surface area contributed by atoms with Crippen molar-refractivity contribution in [2.24, 2.45) is 5.73 Å². The van der Waals surface area contributed by atoms with Crippen molar-refractivity contribution in [3.05, 3.63) is 48.0 Å². The van der Waals surface area contributed by atoms with Crippen molar-refractivity contribution < 1.29 is 26.4 Å². The molecule has 0 atom stereocenters. The summed E-state index contributed by atoms with van der Waals surface area (Å²) in [6.07, 6.45) is 1.24. The van der Waals surface area contributed by atoms with E-state index in [2.05, 4.69) is 4.72 Å². The molecule has 0 aliphatic carbocycles. The Morgan fingerprint density at radius 1 is 1.20 bits per heavy atom. The first-order chi connectivity index (χ1) is 14.2. The fourth-order valence-corrected chi connectivity index (χ4v) is 6.08. The van der Waals surface area contributed by atoms with Crippen LogP contribution in [0.15, 0.2) is 47.4 Å². The first-order valence-corrected chi connectivity index (χ1v) is 12.4. The van der Waals surface area contributed by atoms with Gasteiger partial charge in [0, 0.05) is 6.54 Å². The monoisotopic (exact) mass is 453 g/mol. The third-order valence-electron chi connectivity index (χ3n) is 4.59. The number of anilines is 2. The van der Waals surface area contributed by atoms with Crippen molar-refractivity contribution in [2.45, 2.75) is 24.7 Å². The minimum atomic E-state index is -4.22. The molecule has 0 spiro atoms. The number of hydrogen-bond acceptors (Lipinski definition) is 6. The zero-order valence-corrected chi connectivity index (χ0v) is 18.0. The van der Waals surface area contributed by atoms with Crippen molar-refractivity contribution in [3.8, 4) is 5.75 Å². The molecule has 1 heterocycles. The van der Waals surface area contributed by atoms with E-state index in [-0.39, 0.29) is 46.5 Å². The van der Waals surface area contributed by atoms with Crippen molar-refractivity contribution in [1.29, 1.82) is 0 Å². The Morgan fingerprint density at radius 2 is 1.93 bits per heavy atom. The topological polar surface area (TPSA) is 136 Å². The number of amides is 1. The number of primary amides is 1. The Labute approximate surface area is 175 Å². The van der Waals surface area contributed by atoms with Gasteiger partial charge in [-0.3, -0.25) is 13.8 Å². The molecule has 1 aliphatic heterocycles. The first kappa shape index (κ1) is 21.9. The third kappa shape index (κ3) is 4.51. The maximum atomic E-state index is 13.2. The van der Waals surface area contributed by atoms with E-state index in [0.29, 0.717) is 12.8 Å². The standard InChI is InChI=1S/C19H23N3O6S2/c1-2-28-17-10-9-14(22-11-5-6-12-29(22,24)25)13-18(17)30(26,27)21-16-8-4-3-7-15(16)19(20)23/h3-4,7-10,13,21H,2,5-6,11-12H2,1H3,(H2,20,23). The van der Waals surface area contributed by atoms with Crippen molar-refractivity contribution in [1.82, 2.24) is 0 Å². The van der Waals surface area contributed by atoms with Gasteiger partial charge < -0.3 is 10.5 Å². The highest BCUT2D eigenvalue weighted by Gasteiger charge is 2.29. The quantitative estimate of drug-likeness (QED) is 0.657. The number of nitrogens with two attached hydrogens (primary N) is 1. The molecular weight excluding hydrogens is 430 g/mol. The second-order valence-corrected chi connectivity index (χ2v) is 10.3. The van der Waals surface area contributed by atoms with Crippen molar-refractivity contribution >= 4 is 37.3 Å². The lowest BCUT2D eigenvalue weighted by Crippen LogP contribution is -2.38. The number of carbonyl (C=O) groups excluding carboxylic acids is 1. The average Bonchev–Trinajstić information content (AvgIpc) is 2.68. The minimum absolute atomic E-state index is 0.00648. The third-order valence-corrected chi connectivity index (χ3v) is 7.85. The van der Waals surface area contributed by atoms with Crippen LogP contribution in [0.1, 0.15) is 30.1 Å². The van der Waals surface area contributed by atoms with Crippen LogP contribution >= 0.6 is 0 Å². The highest BCUT2D eigenvalue weighted by Crippen LogP contribution is 2.33. The lowest BCUT2D eigenvalue weighted by molar-refractivity contribution is 0.100. The number of nitrogens with one attached hydrogen (secondary N) is 1. The van der Waals surface area contributed by atoms with Gasteiger partial charge in [0.2, 0.25) is 10.0 Å². The molecule has 162 valence electrons. The maximum absolute atomic E-state index is 13.2. The number of para-hydroxylation sites is 1. The van der Waals surface area contributed by atoms with Crippen LogP contribution in [0.4, 0.5) is 11.4 Å². The van der Waals surface area contributed by atoms with Crippen LogP contribution in [0.2, 0.25) is 0 Å². The van der Waals surface area contributed by atoms with E-state index in [4.69, 9.17) is 10.5 Å². The summed E-state index contributed by atoms with van der Waals surface area (Å²) in [6, 6.07) is 10.2. The van der Waals surface area contributed by atoms with Gasteiger partial charge in [-0.05, 0) is 50.1 Å². The summed E-state index contributed by atoms with van der Waals surface area (Å²) in [5.41, 5.74) is 5.59. The summed E-state index contributed by atoms with van der Waals surface area (Å²) in [5, 5.41) is 0. The number of benzene rings is 2. The Hall–Kier alpha value is -2.79. The molecule has 1 amide bonds. The van der Waals surface area contributed by atoms with Gasteiger partial charge in [-0.25, -0.2) is 16.8 Å². The molecule has 0 unspecified atom stereocenters. The molecule has 11 heteroatoms. The molecule has 30 heavy (non-hydrogen) atoms. The molecule has 0 saturated carbocycles. The van der Waals surface area contributed by atoms with E-state index in [0.717, 1.165) is 0 Å². The summed E-state index contributed by atoms with van der Waals surface area (Å²) in [7, 11) is -7.75. The van der Waals surface area contributed by atoms with Crippen LogP contribution in [0, 0.1) is 0 Å². The van der Waals surface area contributed by atoms with Crippen LogP contribution < -0.4 is 19.5 Å². The summed E-state index contributed by atoms with van der Waals surface area (Å²) in [4.78, 5) is 11.4. The molecule has 3 rings (SSSR count). The number of hydrogen-bond donors (Lipinski definition) is 2. The number of sulfonamides is 2. The van der Waals surface area contributed by atoms with E-state index in [1.54, 1.807) is 19.1 Å². The lowest BCUT2D eigenvalue weighted by atomic mass is 10.2. The van der Waals surface area contributed by atoms with Gasteiger partial charge in [0.15, 0.2) is 0 Å². The van der Waals surface area contributed by atoms with Crippen LogP contribution in [0.5, 0.6) is 5.75 Å². The van der Waals surface area contributed by atoms with E-state index < -0.39 is 26.0 Å². The molecule has 0 aromatic heterocycles. The van der Waals surface area contributed by atoms with Gasteiger partial charge >= 0.3 is 0 Å². The highest BCUT2D eigenvalue weighted by molar-refractivity contribution is 7.93. The predicted octanol–water partition coefficient (Wildman–Crippen LogP) is 1.92. The van der Waals surface area contributed by atoms with Gasteiger partial charge in [-0.15, -0.1) is 0 Å². The van der Waals surface area contributed by atoms with Gasteiger partial charge in [0.05, 0.1) is 29.3 Å². The zero-order chi connectivity index (χ0) is 21.9. The maximum Gasteiger partial charge on any atom is 0.265 e. The number of rotatable bonds is 7. The lowest BCUT2D eigenvalue weighted by Gasteiger charge is -2.29. The molecule has 0 bridgehead atoms. The molecule has 0 radical (unpaired) electrons. The summed E-state index contributed by atoms with van der Waals surface area (Å²) in [6.45, 7) is 2.19. The van der Waals surface area contributed by atoms with E-state index in [1.165, 1.54) is 34.6 Å². The Balaban J connectivity index is 2.07. The number of ether oxygens (including phenoxy) is 1. The Bertz CT molecular complexity index is 1160. The predicted molar refractivity (Wildman–Crippen MR) is 114 cm³/mol. The fourth-order valence-electron chi connectivity index (χ4n) is 3.20. The Kier molecular flexibility index (Phi) is 6.22.